The van der Waals surface area contributed by atoms with Crippen LogP contribution in [0.5, 0.6) is 0 Å². The summed E-state index contributed by atoms with van der Waals surface area (Å²) in [6, 6.07) is 10.7. The Kier molecular flexibility index (Phi) is 16.9. The lowest BCUT2D eigenvalue weighted by Gasteiger charge is -2.39. The molecule has 0 saturated carbocycles. The highest BCUT2D eigenvalue weighted by Crippen LogP contribution is 2.60. The third-order valence-electron chi connectivity index (χ3n) is 8.29. The Morgan fingerprint density at radius 2 is 0.980 bits per heavy atom. The number of unbranched alkanes of at least 4 members (excludes halogenated alkanes) is 6. The van der Waals surface area contributed by atoms with E-state index in [-0.39, 0.29) is 24.0 Å². The monoisotopic (exact) mass is 837 g/mol. The smallest absolute Gasteiger partial charge is 0.460 e. The lowest BCUT2D eigenvalue weighted by Crippen LogP contribution is -3.00. The molecule has 0 N–H and O–H groups in total. The van der Waals surface area contributed by atoms with E-state index in [9.17, 15) is 57.1 Å². The number of aryl methyl sites for hydroxylation is 1. The molecule has 0 aliphatic carbocycles. The largest absolute Gasteiger partial charge is 1.00 e. The van der Waals surface area contributed by atoms with Crippen molar-refractivity contribution in [1.29, 1.82) is 0 Å². The fraction of sp³-hybridized carbons (Fsp3) is 0.618. The first-order chi connectivity index (χ1) is 22.2. The average Bonchev–Trinajstić information content (AvgIpc) is 3.02. The van der Waals surface area contributed by atoms with E-state index in [1.54, 1.807) is 12.2 Å². The molecule has 0 unspecified atom stereocenters. The SMILES string of the molecule is CCCCCCC(CCCCCC)c1ccc(/C=C/c2cc[n+](CCC(F)(F)C(F)(F)C(F)(F)C(F)(F)C(F)(F)C(F)(F)F)cc2)cc1.[I-]. The number of hydrogen-bond donors (Lipinski definition) is 0. The lowest BCUT2D eigenvalue weighted by atomic mass is 9.88. The van der Waals surface area contributed by atoms with Crippen molar-refractivity contribution in [2.45, 2.75) is 133 Å². The Morgan fingerprint density at radius 3 is 1.41 bits per heavy atom. The highest BCUT2D eigenvalue weighted by atomic mass is 127. The van der Waals surface area contributed by atoms with Gasteiger partial charge in [-0.3, -0.25) is 0 Å². The second-order valence-electron chi connectivity index (χ2n) is 12.0. The van der Waals surface area contributed by atoms with Gasteiger partial charge in [-0.15, -0.1) is 0 Å². The molecule has 1 aromatic heterocycles. The summed E-state index contributed by atoms with van der Waals surface area (Å²) >= 11 is 0. The number of pyridine rings is 1. The van der Waals surface area contributed by atoms with E-state index in [4.69, 9.17) is 0 Å². The van der Waals surface area contributed by atoms with Gasteiger partial charge in [0.05, 0.1) is 6.42 Å². The molecule has 0 saturated heterocycles. The molecule has 0 amide bonds. The summed E-state index contributed by atoms with van der Waals surface area (Å²) in [5.41, 5.74) is 2.61. The van der Waals surface area contributed by atoms with Gasteiger partial charge in [-0.2, -0.15) is 57.1 Å². The van der Waals surface area contributed by atoms with Crippen LogP contribution in [0, 0.1) is 0 Å². The van der Waals surface area contributed by atoms with Gasteiger partial charge in [-0.1, -0.05) is 102 Å². The molecular weight excluding hydrogens is 796 g/mol. The number of rotatable bonds is 20. The first-order valence-electron chi connectivity index (χ1n) is 15.9. The topological polar surface area (TPSA) is 3.88 Å². The summed E-state index contributed by atoms with van der Waals surface area (Å²) < 4.78 is 174. The predicted molar refractivity (Wildman–Crippen MR) is 158 cm³/mol. The van der Waals surface area contributed by atoms with Crippen LogP contribution >= 0.6 is 0 Å². The zero-order valence-corrected chi connectivity index (χ0v) is 29.2. The van der Waals surface area contributed by atoms with Gasteiger partial charge in [-0.05, 0) is 35.4 Å². The Labute approximate surface area is 295 Å². The summed E-state index contributed by atoms with van der Waals surface area (Å²) in [6.45, 7) is 3.14. The predicted octanol–water partition coefficient (Wildman–Crippen LogP) is 9.30. The molecule has 280 valence electrons. The average molecular weight is 838 g/mol. The van der Waals surface area contributed by atoms with Crippen LogP contribution in [0.2, 0.25) is 0 Å². The Bertz CT molecular complexity index is 1260. The van der Waals surface area contributed by atoms with Gasteiger partial charge in [0.25, 0.3) is 0 Å². The highest BCUT2D eigenvalue weighted by Gasteiger charge is 2.90. The van der Waals surface area contributed by atoms with Crippen LogP contribution in [0.15, 0.2) is 48.8 Å². The molecule has 0 aliphatic heterocycles. The Balaban J connectivity index is 0.0000120. The van der Waals surface area contributed by atoms with E-state index in [0.29, 0.717) is 11.5 Å². The number of nitrogens with zero attached hydrogens (tertiary/aromatic N) is 1. The lowest BCUT2D eigenvalue weighted by molar-refractivity contribution is -0.700. The molecule has 0 fully saturated rings. The van der Waals surface area contributed by atoms with Crippen LogP contribution < -0.4 is 28.5 Å². The number of hydrogen-bond acceptors (Lipinski definition) is 0. The quantitative estimate of drug-likeness (QED) is 0.0543. The van der Waals surface area contributed by atoms with Crippen molar-refractivity contribution in [1.82, 2.24) is 0 Å². The summed E-state index contributed by atoms with van der Waals surface area (Å²) in [7, 11) is 0. The van der Waals surface area contributed by atoms with Gasteiger partial charge in [0, 0.05) is 12.1 Å². The second kappa shape index (κ2) is 18.4. The van der Waals surface area contributed by atoms with Crippen molar-refractivity contribution in [3.8, 4) is 0 Å². The van der Waals surface area contributed by atoms with Gasteiger partial charge in [0.15, 0.2) is 18.9 Å². The van der Waals surface area contributed by atoms with Crippen LogP contribution in [0.25, 0.3) is 12.2 Å². The number of halogens is 14. The number of benzene rings is 1. The summed E-state index contributed by atoms with van der Waals surface area (Å²) in [4.78, 5) is 0. The molecule has 49 heavy (non-hydrogen) atoms. The molecule has 1 nitrogen and oxygen atoms in total. The fourth-order valence-electron chi connectivity index (χ4n) is 5.14. The molecule has 15 heteroatoms. The minimum Gasteiger partial charge on any atom is -1.00 e. The normalized spacial score (nSPS) is 13.7. The van der Waals surface area contributed by atoms with Gasteiger partial charge >= 0.3 is 35.8 Å². The zero-order chi connectivity index (χ0) is 36.4. The highest BCUT2D eigenvalue weighted by molar-refractivity contribution is 5.69. The van der Waals surface area contributed by atoms with E-state index in [1.807, 2.05) is 12.1 Å². The van der Waals surface area contributed by atoms with Crippen LogP contribution in [0.3, 0.4) is 0 Å². The molecule has 0 radical (unpaired) electrons. The molecule has 0 aliphatic rings. The van der Waals surface area contributed by atoms with Gasteiger partial charge in [0.2, 0.25) is 0 Å². The molecular formula is C34H41F13IN. The third-order valence-corrected chi connectivity index (χ3v) is 8.29. The molecule has 2 rings (SSSR count). The molecule has 0 bridgehead atoms. The van der Waals surface area contributed by atoms with Crippen LogP contribution in [-0.4, -0.2) is 35.8 Å². The van der Waals surface area contributed by atoms with Crippen molar-refractivity contribution < 1.29 is 85.6 Å². The van der Waals surface area contributed by atoms with Crippen molar-refractivity contribution in [3.63, 3.8) is 0 Å². The van der Waals surface area contributed by atoms with Crippen molar-refractivity contribution in [2.75, 3.05) is 0 Å². The molecule has 0 atom stereocenters. The Morgan fingerprint density at radius 1 is 0.551 bits per heavy atom. The summed E-state index contributed by atoms with van der Waals surface area (Å²) in [5.74, 6) is -36.3. The number of alkyl halides is 13. The molecule has 1 aromatic carbocycles. The minimum atomic E-state index is -7.89. The summed E-state index contributed by atoms with van der Waals surface area (Å²) in [6.07, 6.45) is 7.51. The molecule has 2 aromatic rings. The van der Waals surface area contributed by atoms with Crippen molar-refractivity contribution in [2.24, 2.45) is 0 Å². The van der Waals surface area contributed by atoms with Gasteiger partial charge < -0.3 is 24.0 Å². The maximum Gasteiger partial charge on any atom is 0.460 e. The molecule has 1 heterocycles. The Hall–Kier alpha value is -2.07. The minimum absolute atomic E-state index is 0. The van der Waals surface area contributed by atoms with Crippen LogP contribution in [0.4, 0.5) is 57.1 Å². The van der Waals surface area contributed by atoms with Crippen LogP contribution in [-0.2, 0) is 6.54 Å². The zero-order valence-electron chi connectivity index (χ0n) is 27.1. The van der Waals surface area contributed by atoms with E-state index in [0.717, 1.165) is 61.0 Å². The van der Waals surface area contributed by atoms with E-state index < -0.39 is 48.8 Å². The van der Waals surface area contributed by atoms with Gasteiger partial charge in [0.1, 0.15) is 0 Å². The summed E-state index contributed by atoms with van der Waals surface area (Å²) in [5, 5.41) is 0. The first-order valence-corrected chi connectivity index (χ1v) is 15.9. The first kappa shape index (κ1) is 45.0. The van der Waals surface area contributed by atoms with Gasteiger partial charge in [-0.25, -0.2) is 4.57 Å². The fourth-order valence-corrected chi connectivity index (χ4v) is 5.14. The van der Waals surface area contributed by atoms with E-state index >= 15 is 0 Å². The second-order valence-corrected chi connectivity index (χ2v) is 12.0. The van der Waals surface area contributed by atoms with Crippen LogP contribution in [0.1, 0.15) is 107 Å². The number of aromatic nitrogens is 1. The standard InChI is InChI=1S/C34H41F13N.HI/c1-3-5-7-9-11-27(12-10-8-6-4-2)28-17-15-25(16-18-28)13-14-26-19-22-48(23-20-26)24-21-29(35,36)30(37,38)31(39,40)32(41,42)33(43,44)34(45,46)47;/h13-20,22-23,27H,3-12,21,24H2,1-2H3;1H/q+1;/p-1/b14-13+;. The van der Waals surface area contributed by atoms with Crippen molar-refractivity contribution >= 4 is 12.2 Å². The van der Waals surface area contributed by atoms with E-state index in [2.05, 4.69) is 26.0 Å². The maximum atomic E-state index is 14.1. The molecule has 0 spiro atoms. The third kappa shape index (κ3) is 11.0. The maximum absolute atomic E-state index is 14.1. The van der Waals surface area contributed by atoms with Crippen molar-refractivity contribution in [3.05, 3.63) is 65.5 Å². The van der Waals surface area contributed by atoms with E-state index in [1.165, 1.54) is 43.4 Å².